The maximum atomic E-state index is 12.7. The molecule has 0 radical (unpaired) electrons. The van der Waals surface area contributed by atoms with Crippen molar-refractivity contribution in [3.8, 4) is 0 Å². The van der Waals surface area contributed by atoms with E-state index in [1.54, 1.807) is 0 Å². The van der Waals surface area contributed by atoms with Crippen molar-refractivity contribution in [1.82, 2.24) is 16.0 Å². The maximum absolute atomic E-state index is 12.7. The number of aliphatic carboxylic acids is 3. The Hall–Kier alpha value is -4.09. The van der Waals surface area contributed by atoms with Gasteiger partial charge >= 0.3 is 17.9 Å². The van der Waals surface area contributed by atoms with Crippen molar-refractivity contribution >= 4 is 17.9 Å². The van der Waals surface area contributed by atoms with Gasteiger partial charge in [-0.3, -0.25) is 14.4 Å². The second-order valence-corrected chi connectivity index (χ2v) is 15.9. The number of carboxylic acids is 3. The van der Waals surface area contributed by atoms with Crippen LogP contribution in [0.5, 0.6) is 0 Å². The van der Waals surface area contributed by atoms with Crippen LogP contribution >= 0.6 is 0 Å². The van der Waals surface area contributed by atoms with Gasteiger partial charge in [-0.1, -0.05) is 72.8 Å². The predicted molar refractivity (Wildman–Crippen MR) is 203 cm³/mol. The molecule has 6 unspecified atom stereocenters. The van der Waals surface area contributed by atoms with Crippen LogP contribution in [0.4, 0.5) is 0 Å². The predicted octanol–water partition coefficient (Wildman–Crippen LogP) is 4.00. The molecule has 0 spiro atoms. The maximum Gasteiger partial charge on any atom is 0.307 e. The highest BCUT2D eigenvalue weighted by Gasteiger charge is 2.34. The lowest BCUT2D eigenvalue weighted by Crippen LogP contribution is -2.37. The van der Waals surface area contributed by atoms with Crippen molar-refractivity contribution in [3.63, 3.8) is 0 Å². The number of carbonyl (C=O) groups is 3. The normalized spacial score (nSPS) is 22.9. The Balaban J connectivity index is 1.26. The zero-order valence-corrected chi connectivity index (χ0v) is 30.5. The molecule has 6 rings (SSSR count). The highest BCUT2D eigenvalue weighted by atomic mass is 16.4. The van der Waals surface area contributed by atoms with E-state index in [1.807, 2.05) is 72.8 Å². The lowest BCUT2D eigenvalue weighted by atomic mass is 9.80. The van der Waals surface area contributed by atoms with Crippen molar-refractivity contribution in [3.05, 3.63) is 106 Å². The highest BCUT2D eigenvalue weighted by molar-refractivity contribution is 5.72. The average Bonchev–Trinajstić information content (AvgIpc) is 3.94. The largest absolute Gasteiger partial charge is 0.481 e. The Bertz CT molecular complexity index is 1510. The van der Waals surface area contributed by atoms with Crippen LogP contribution in [0.1, 0.15) is 52.6 Å². The molecule has 53 heavy (non-hydrogen) atoms. The first kappa shape index (κ1) is 38.6. The van der Waals surface area contributed by atoms with Crippen LogP contribution in [-0.2, 0) is 52.9 Å². The summed E-state index contributed by atoms with van der Waals surface area (Å²) < 4.78 is 0. The number of carboxylic acid groups (broad SMARTS) is 3. The molecular formula is C43H55N3O7. The van der Waals surface area contributed by atoms with Gasteiger partial charge in [-0.25, -0.2) is 0 Å². The van der Waals surface area contributed by atoms with Gasteiger partial charge in [0.05, 0.1) is 23.4 Å². The van der Waals surface area contributed by atoms with E-state index in [-0.39, 0.29) is 17.8 Å². The van der Waals surface area contributed by atoms with Gasteiger partial charge < -0.3 is 36.4 Å². The third-order valence-electron chi connectivity index (χ3n) is 11.9. The molecule has 0 saturated carbocycles. The van der Waals surface area contributed by atoms with Crippen LogP contribution in [0.3, 0.4) is 0 Å². The first-order chi connectivity index (χ1) is 25.5. The summed E-state index contributed by atoms with van der Waals surface area (Å²) in [6.45, 7) is 4.58. The number of rotatable bonds is 18. The molecule has 3 aliphatic rings. The minimum atomic E-state index is -1.25. The van der Waals surface area contributed by atoms with Crippen molar-refractivity contribution < 1.29 is 34.8 Å². The average molecular weight is 726 g/mol. The van der Waals surface area contributed by atoms with Gasteiger partial charge in [-0.2, -0.15) is 0 Å². The number of hydrogen-bond donors (Lipinski definition) is 7. The molecule has 3 aromatic carbocycles. The molecule has 3 aliphatic heterocycles. The Morgan fingerprint density at radius 2 is 0.811 bits per heavy atom. The zero-order chi connectivity index (χ0) is 37.4. The summed E-state index contributed by atoms with van der Waals surface area (Å²) in [5.41, 5.74) is 4.25. The van der Waals surface area contributed by atoms with E-state index < -0.39 is 41.3 Å². The summed E-state index contributed by atoms with van der Waals surface area (Å²) in [4.78, 5) is 36.9. The third kappa shape index (κ3) is 10.5. The van der Waals surface area contributed by atoms with E-state index in [1.165, 1.54) is 0 Å². The van der Waals surface area contributed by atoms with E-state index in [2.05, 4.69) is 16.0 Å². The van der Waals surface area contributed by atoms with Crippen LogP contribution < -0.4 is 16.0 Å². The van der Waals surface area contributed by atoms with Gasteiger partial charge in [0, 0.05) is 19.3 Å². The molecule has 3 fully saturated rings. The fourth-order valence-corrected chi connectivity index (χ4v) is 9.12. The van der Waals surface area contributed by atoms with Crippen LogP contribution in [0.2, 0.25) is 0 Å². The minimum Gasteiger partial charge on any atom is -0.481 e. The Morgan fingerprint density at radius 3 is 1.06 bits per heavy atom. The lowest BCUT2D eigenvalue weighted by Gasteiger charge is -2.30. The molecular weight excluding hydrogens is 670 g/mol. The molecule has 10 nitrogen and oxygen atoms in total. The summed E-state index contributed by atoms with van der Waals surface area (Å²) >= 11 is 0. The van der Waals surface area contributed by atoms with E-state index in [4.69, 9.17) is 0 Å². The molecule has 3 aromatic rings. The molecule has 6 atom stereocenters. The highest BCUT2D eigenvalue weighted by Crippen LogP contribution is 2.30. The molecule has 0 amide bonds. The van der Waals surface area contributed by atoms with Crippen molar-refractivity contribution in [2.24, 2.45) is 35.5 Å². The number of benzene rings is 3. The second-order valence-electron chi connectivity index (χ2n) is 15.9. The lowest BCUT2D eigenvalue weighted by molar-refractivity contribution is -0.144. The Labute approximate surface area is 312 Å². The van der Waals surface area contributed by atoms with Crippen LogP contribution in [0, 0.1) is 35.5 Å². The van der Waals surface area contributed by atoms with Crippen LogP contribution in [-0.4, -0.2) is 83.2 Å². The summed E-state index contributed by atoms with van der Waals surface area (Å²) in [5, 5.41) is 52.8. The standard InChI is InChI=1S/C43H55N3O7/c47-40(48)37(34-10-13-44-25-34)19-28-4-1-7-31(16-28)22-43(53,23-32-8-2-5-29(17-32)20-38(41(49)50)35-11-14-45-26-35)24-33-9-3-6-30(18-33)21-39(42(51)52)36-12-15-46-27-36/h1-9,16-18,34-39,44-46,53H,10-15,19-27H2,(H,47,48)(H,49,50)(H,51,52). The van der Waals surface area contributed by atoms with Crippen LogP contribution in [0.15, 0.2) is 72.8 Å². The summed E-state index contributed by atoms with van der Waals surface area (Å²) in [6, 6.07) is 23.7. The van der Waals surface area contributed by atoms with Crippen molar-refractivity contribution in [1.29, 1.82) is 0 Å². The quantitative estimate of drug-likeness (QED) is 0.102. The van der Waals surface area contributed by atoms with Gasteiger partial charge in [-0.05, 0) is 129 Å². The number of hydrogen-bond acceptors (Lipinski definition) is 7. The van der Waals surface area contributed by atoms with E-state index in [0.29, 0.717) is 58.2 Å². The smallest absolute Gasteiger partial charge is 0.307 e. The Morgan fingerprint density at radius 1 is 0.528 bits per heavy atom. The van der Waals surface area contributed by atoms with Gasteiger partial charge in [0.2, 0.25) is 0 Å². The molecule has 3 heterocycles. The Kier molecular flexibility index (Phi) is 13.0. The van der Waals surface area contributed by atoms with E-state index >= 15 is 0 Å². The number of aliphatic hydroxyl groups is 1. The third-order valence-corrected chi connectivity index (χ3v) is 11.9. The summed E-state index contributed by atoms with van der Waals surface area (Å²) in [7, 11) is 0. The fraction of sp³-hybridized carbons (Fsp3) is 0.512. The summed E-state index contributed by atoms with van der Waals surface area (Å²) in [5.74, 6) is -3.62. The molecule has 0 aromatic heterocycles. The first-order valence-electron chi connectivity index (χ1n) is 19.3. The molecule has 0 aliphatic carbocycles. The first-order valence-corrected chi connectivity index (χ1v) is 19.3. The minimum absolute atomic E-state index is 0.0731. The topological polar surface area (TPSA) is 168 Å². The second kappa shape index (κ2) is 17.8. The fourth-order valence-electron chi connectivity index (χ4n) is 9.12. The number of nitrogens with one attached hydrogen (secondary N) is 3. The van der Waals surface area contributed by atoms with Crippen molar-refractivity contribution in [2.75, 3.05) is 39.3 Å². The zero-order valence-electron chi connectivity index (χ0n) is 30.5. The van der Waals surface area contributed by atoms with Gasteiger partial charge in [-0.15, -0.1) is 0 Å². The van der Waals surface area contributed by atoms with Gasteiger partial charge in [0.1, 0.15) is 0 Å². The van der Waals surface area contributed by atoms with Gasteiger partial charge in [0.15, 0.2) is 0 Å². The molecule has 10 heteroatoms. The monoisotopic (exact) mass is 725 g/mol. The molecule has 284 valence electrons. The molecule has 7 N–H and O–H groups in total. The van der Waals surface area contributed by atoms with E-state index in [9.17, 15) is 34.8 Å². The van der Waals surface area contributed by atoms with Crippen LogP contribution in [0.25, 0.3) is 0 Å². The molecule has 0 bridgehead atoms. The molecule has 3 saturated heterocycles. The summed E-state index contributed by atoms with van der Waals surface area (Å²) in [6.07, 6.45) is 4.71. The van der Waals surface area contributed by atoms with E-state index in [0.717, 1.165) is 72.3 Å². The SMILES string of the molecule is O=C(O)C(Cc1cccc(CC(O)(Cc2cccc(CC(C(=O)O)C3CCNC3)c2)Cc2cccc(CC(C(=O)O)C3CCNC3)c2)c1)C1CCNC1. The van der Waals surface area contributed by atoms with Crippen molar-refractivity contribution in [2.45, 2.75) is 63.4 Å². The van der Waals surface area contributed by atoms with Gasteiger partial charge in [0.25, 0.3) is 0 Å².